The predicted octanol–water partition coefficient (Wildman–Crippen LogP) is 3.24. The van der Waals surface area contributed by atoms with Crippen molar-refractivity contribution in [3.8, 4) is 0 Å². The zero-order valence-electron chi connectivity index (χ0n) is 10.4. The van der Waals surface area contributed by atoms with Gasteiger partial charge in [0.15, 0.2) is 0 Å². The Labute approximate surface area is 114 Å². The van der Waals surface area contributed by atoms with Gasteiger partial charge in [-0.2, -0.15) is 0 Å². The molecule has 1 aromatic carbocycles. The number of nitrogens with one attached hydrogen (secondary N) is 1. The summed E-state index contributed by atoms with van der Waals surface area (Å²) in [6.45, 7) is 4.19. The molecule has 5 nitrogen and oxygen atoms in total. The van der Waals surface area contributed by atoms with Gasteiger partial charge in [-0.1, -0.05) is 0 Å². The molecule has 0 aliphatic heterocycles. The Morgan fingerprint density at radius 1 is 1.56 bits per heavy atom. The summed E-state index contributed by atoms with van der Waals surface area (Å²) in [7, 11) is 0. The van der Waals surface area contributed by atoms with E-state index in [2.05, 4.69) is 21.2 Å². The topological polar surface area (TPSA) is 75.4 Å². The fraction of sp³-hybridized carbons (Fsp3) is 0.500. The number of rotatable bonds is 6. The molecule has 1 rings (SSSR count). The van der Waals surface area contributed by atoms with Crippen molar-refractivity contribution in [1.29, 1.82) is 0 Å². The minimum Gasteiger partial charge on any atom is -0.393 e. The van der Waals surface area contributed by atoms with Gasteiger partial charge >= 0.3 is 0 Å². The van der Waals surface area contributed by atoms with Crippen LogP contribution in [0.25, 0.3) is 0 Å². The molecule has 1 aromatic rings. The number of nitro groups is 1. The van der Waals surface area contributed by atoms with E-state index in [-0.39, 0.29) is 11.8 Å². The molecule has 0 radical (unpaired) electrons. The summed E-state index contributed by atoms with van der Waals surface area (Å²) >= 11 is 3.31. The average molecular weight is 317 g/mol. The SMILES string of the molecule is Cc1cc(NCCCC(C)O)c(Br)cc1[N+](=O)[O-]. The van der Waals surface area contributed by atoms with E-state index in [0.29, 0.717) is 10.0 Å². The number of aliphatic hydroxyl groups is 1. The first kappa shape index (κ1) is 14.9. The average Bonchev–Trinajstić information content (AvgIpc) is 2.27. The van der Waals surface area contributed by atoms with Gasteiger partial charge in [0.1, 0.15) is 0 Å². The van der Waals surface area contributed by atoms with E-state index in [0.717, 1.165) is 25.1 Å². The predicted molar refractivity (Wildman–Crippen MR) is 74.9 cm³/mol. The van der Waals surface area contributed by atoms with Crippen molar-refractivity contribution in [2.24, 2.45) is 0 Å². The van der Waals surface area contributed by atoms with Crippen molar-refractivity contribution >= 4 is 27.3 Å². The molecule has 18 heavy (non-hydrogen) atoms. The molecule has 0 saturated heterocycles. The van der Waals surface area contributed by atoms with Gasteiger partial charge in [0, 0.05) is 28.3 Å². The largest absolute Gasteiger partial charge is 0.393 e. The van der Waals surface area contributed by atoms with E-state index in [4.69, 9.17) is 5.11 Å². The molecule has 2 N–H and O–H groups in total. The third-order valence-corrected chi connectivity index (χ3v) is 3.25. The second kappa shape index (κ2) is 6.70. The number of anilines is 1. The van der Waals surface area contributed by atoms with Crippen LogP contribution in [0.5, 0.6) is 0 Å². The van der Waals surface area contributed by atoms with Crippen LogP contribution in [0.15, 0.2) is 16.6 Å². The molecule has 0 saturated carbocycles. The third-order valence-electron chi connectivity index (χ3n) is 2.60. The fourth-order valence-electron chi connectivity index (χ4n) is 1.62. The number of aryl methyl sites for hydroxylation is 1. The van der Waals surface area contributed by atoms with Gasteiger partial charge in [-0.05, 0) is 48.7 Å². The lowest BCUT2D eigenvalue weighted by Gasteiger charge is -2.10. The van der Waals surface area contributed by atoms with E-state index >= 15 is 0 Å². The van der Waals surface area contributed by atoms with Crippen LogP contribution in [-0.4, -0.2) is 22.7 Å². The summed E-state index contributed by atoms with van der Waals surface area (Å²) in [6.07, 6.45) is 1.28. The van der Waals surface area contributed by atoms with Crippen molar-refractivity contribution in [3.63, 3.8) is 0 Å². The summed E-state index contributed by atoms with van der Waals surface area (Å²) in [5.74, 6) is 0. The van der Waals surface area contributed by atoms with Gasteiger partial charge in [-0.3, -0.25) is 10.1 Å². The van der Waals surface area contributed by atoms with Gasteiger partial charge in [-0.15, -0.1) is 0 Å². The zero-order valence-corrected chi connectivity index (χ0v) is 12.0. The summed E-state index contributed by atoms with van der Waals surface area (Å²) in [4.78, 5) is 10.4. The second-order valence-electron chi connectivity index (χ2n) is 4.29. The quantitative estimate of drug-likeness (QED) is 0.480. The lowest BCUT2D eigenvalue weighted by molar-refractivity contribution is -0.385. The Bertz CT molecular complexity index is 436. The van der Waals surface area contributed by atoms with E-state index in [1.54, 1.807) is 19.9 Å². The van der Waals surface area contributed by atoms with Crippen LogP contribution in [-0.2, 0) is 0 Å². The normalized spacial score (nSPS) is 12.2. The Kier molecular flexibility index (Phi) is 5.55. The smallest absolute Gasteiger partial charge is 0.273 e. The van der Waals surface area contributed by atoms with Crippen LogP contribution in [0.3, 0.4) is 0 Å². The zero-order chi connectivity index (χ0) is 13.7. The summed E-state index contributed by atoms with van der Waals surface area (Å²) in [5.41, 5.74) is 1.57. The van der Waals surface area contributed by atoms with Crippen molar-refractivity contribution < 1.29 is 10.0 Å². The van der Waals surface area contributed by atoms with E-state index in [9.17, 15) is 10.1 Å². The van der Waals surface area contributed by atoms with Crippen molar-refractivity contribution in [2.45, 2.75) is 32.8 Å². The van der Waals surface area contributed by atoms with Gasteiger partial charge in [0.2, 0.25) is 0 Å². The molecular formula is C12H17BrN2O3. The fourth-order valence-corrected chi connectivity index (χ4v) is 2.10. The monoisotopic (exact) mass is 316 g/mol. The van der Waals surface area contributed by atoms with Gasteiger partial charge < -0.3 is 10.4 Å². The highest BCUT2D eigenvalue weighted by Crippen LogP contribution is 2.30. The number of nitrogens with zero attached hydrogens (tertiary/aromatic N) is 1. The van der Waals surface area contributed by atoms with Crippen molar-refractivity contribution in [2.75, 3.05) is 11.9 Å². The standard InChI is InChI=1S/C12H17BrN2O3/c1-8-6-11(14-5-3-4-9(2)16)10(13)7-12(8)15(17)18/h6-7,9,14,16H,3-5H2,1-2H3. The number of nitro benzene ring substituents is 1. The minimum absolute atomic E-state index is 0.108. The van der Waals surface area contributed by atoms with Crippen LogP contribution < -0.4 is 5.32 Å². The summed E-state index contributed by atoms with van der Waals surface area (Å²) in [6, 6.07) is 3.26. The first-order chi connectivity index (χ1) is 8.41. The molecule has 0 aliphatic rings. The minimum atomic E-state index is -0.392. The Morgan fingerprint density at radius 3 is 2.78 bits per heavy atom. The van der Waals surface area contributed by atoms with Gasteiger partial charge in [-0.25, -0.2) is 0 Å². The maximum absolute atomic E-state index is 10.8. The third kappa shape index (κ3) is 4.27. The summed E-state index contributed by atoms with van der Waals surface area (Å²) in [5, 5.41) is 23.1. The maximum atomic E-state index is 10.8. The van der Waals surface area contributed by atoms with Crippen LogP contribution >= 0.6 is 15.9 Å². The van der Waals surface area contributed by atoms with Crippen LogP contribution in [0.1, 0.15) is 25.3 Å². The van der Waals surface area contributed by atoms with Crippen LogP contribution in [0.2, 0.25) is 0 Å². The highest BCUT2D eigenvalue weighted by Gasteiger charge is 2.13. The number of halogens is 1. The number of aliphatic hydroxyl groups excluding tert-OH is 1. The highest BCUT2D eigenvalue weighted by atomic mass is 79.9. The van der Waals surface area contributed by atoms with Crippen molar-refractivity contribution in [1.82, 2.24) is 0 Å². The molecule has 0 fully saturated rings. The van der Waals surface area contributed by atoms with Gasteiger partial charge in [0.05, 0.1) is 11.0 Å². The molecule has 0 aromatic heterocycles. The molecule has 1 unspecified atom stereocenters. The lowest BCUT2D eigenvalue weighted by Crippen LogP contribution is -2.07. The van der Waals surface area contributed by atoms with Crippen molar-refractivity contribution in [3.05, 3.63) is 32.3 Å². The summed E-state index contributed by atoms with van der Waals surface area (Å²) < 4.78 is 0.678. The Balaban J connectivity index is 2.67. The molecule has 6 heteroatoms. The Morgan fingerprint density at radius 2 is 2.22 bits per heavy atom. The molecule has 0 heterocycles. The number of hydrogen-bond acceptors (Lipinski definition) is 4. The molecule has 0 aliphatic carbocycles. The van der Waals surface area contributed by atoms with E-state index < -0.39 is 4.92 Å². The molecule has 0 bridgehead atoms. The molecule has 1 atom stereocenters. The highest BCUT2D eigenvalue weighted by molar-refractivity contribution is 9.10. The van der Waals surface area contributed by atoms with Crippen LogP contribution in [0, 0.1) is 17.0 Å². The Hall–Kier alpha value is -1.14. The number of hydrogen-bond donors (Lipinski definition) is 2. The molecule has 100 valence electrons. The first-order valence-corrected chi connectivity index (χ1v) is 6.57. The lowest BCUT2D eigenvalue weighted by atomic mass is 10.1. The molecule has 0 spiro atoms. The van der Waals surface area contributed by atoms with E-state index in [1.165, 1.54) is 6.07 Å². The number of benzene rings is 1. The van der Waals surface area contributed by atoms with Crippen LogP contribution in [0.4, 0.5) is 11.4 Å². The molecule has 0 amide bonds. The first-order valence-electron chi connectivity index (χ1n) is 5.78. The second-order valence-corrected chi connectivity index (χ2v) is 5.15. The molecular weight excluding hydrogens is 300 g/mol. The van der Waals surface area contributed by atoms with Gasteiger partial charge in [0.25, 0.3) is 5.69 Å². The van der Waals surface area contributed by atoms with E-state index in [1.807, 2.05) is 0 Å². The maximum Gasteiger partial charge on any atom is 0.273 e.